The molecule has 138 valence electrons. The van der Waals surface area contributed by atoms with Crippen LogP contribution in [-0.2, 0) is 11.2 Å². The van der Waals surface area contributed by atoms with Gasteiger partial charge in [0, 0.05) is 29.4 Å². The number of hydrogen-bond donors (Lipinski definition) is 2. The van der Waals surface area contributed by atoms with Crippen molar-refractivity contribution < 1.29 is 14.3 Å². The third-order valence-electron chi connectivity index (χ3n) is 4.16. The molecule has 0 unspecified atom stereocenters. The predicted molar refractivity (Wildman–Crippen MR) is 104 cm³/mol. The lowest BCUT2D eigenvalue weighted by Gasteiger charge is -2.20. The van der Waals surface area contributed by atoms with E-state index in [1.54, 1.807) is 30.3 Å². The number of H-pyrrole nitrogens is 1. The van der Waals surface area contributed by atoms with Gasteiger partial charge in [0.05, 0.1) is 16.6 Å². The molecule has 27 heavy (non-hydrogen) atoms. The van der Waals surface area contributed by atoms with Crippen LogP contribution in [0.3, 0.4) is 0 Å². The van der Waals surface area contributed by atoms with Gasteiger partial charge in [-0.1, -0.05) is 12.1 Å². The standard InChI is InChI=1S/C19H16BrN3O4/c20-12-9-15-16(27-8-7-26-15)10-14(12)22-18(24)6-5-17-21-13-4-2-1-3-11(13)19(25)23-17/h1-4,9-10H,5-8H2,(H,22,24)(H,21,23,25). The number of halogens is 1. The number of benzene rings is 2. The zero-order chi connectivity index (χ0) is 18.8. The second-order valence-electron chi connectivity index (χ2n) is 6.05. The molecule has 0 aliphatic carbocycles. The molecule has 1 aliphatic heterocycles. The molecule has 1 aliphatic rings. The van der Waals surface area contributed by atoms with Crippen molar-refractivity contribution in [2.45, 2.75) is 12.8 Å². The van der Waals surface area contributed by atoms with Gasteiger partial charge in [-0.2, -0.15) is 0 Å². The molecule has 2 heterocycles. The van der Waals surface area contributed by atoms with Crippen LogP contribution in [0.5, 0.6) is 11.5 Å². The lowest BCUT2D eigenvalue weighted by Crippen LogP contribution is -2.18. The van der Waals surface area contributed by atoms with E-state index in [-0.39, 0.29) is 17.9 Å². The first-order chi connectivity index (χ1) is 13.1. The quantitative estimate of drug-likeness (QED) is 0.664. The number of hydrogen-bond acceptors (Lipinski definition) is 5. The highest BCUT2D eigenvalue weighted by atomic mass is 79.9. The molecule has 0 radical (unpaired) electrons. The lowest BCUT2D eigenvalue weighted by molar-refractivity contribution is -0.116. The van der Waals surface area contributed by atoms with Crippen LogP contribution < -0.4 is 20.3 Å². The summed E-state index contributed by atoms with van der Waals surface area (Å²) in [5.74, 6) is 1.53. The van der Waals surface area contributed by atoms with Crippen molar-refractivity contribution >= 4 is 38.4 Å². The van der Waals surface area contributed by atoms with Gasteiger partial charge in [-0.05, 0) is 28.1 Å². The Kier molecular flexibility index (Phi) is 4.81. The number of carbonyl (C=O) groups excluding carboxylic acids is 1. The average molecular weight is 430 g/mol. The van der Waals surface area contributed by atoms with Gasteiger partial charge in [0.15, 0.2) is 11.5 Å². The maximum absolute atomic E-state index is 12.3. The van der Waals surface area contributed by atoms with Crippen LogP contribution in [0.4, 0.5) is 5.69 Å². The van der Waals surface area contributed by atoms with Crippen LogP contribution in [0.15, 0.2) is 45.7 Å². The van der Waals surface area contributed by atoms with Crippen LogP contribution in [0.2, 0.25) is 0 Å². The number of para-hydroxylation sites is 1. The summed E-state index contributed by atoms with van der Waals surface area (Å²) in [6.07, 6.45) is 0.510. The fraction of sp³-hybridized carbons (Fsp3) is 0.211. The fourth-order valence-corrected chi connectivity index (χ4v) is 3.28. The first-order valence-corrected chi connectivity index (χ1v) is 9.26. The molecule has 0 saturated heterocycles. The van der Waals surface area contributed by atoms with E-state index >= 15 is 0 Å². The Labute approximate surface area is 162 Å². The number of aryl methyl sites for hydroxylation is 1. The van der Waals surface area contributed by atoms with Crippen molar-refractivity contribution in [1.29, 1.82) is 0 Å². The molecule has 1 aromatic heterocycles. The Bertz CT molecular complexity index is 1080. The largest absolute Gasteiger partial charge is 0.486 e. The predicted octanol–water partition coefficient (Wildman–Crippen LogP) is 3.03. The minimum absolute atomic E-state index is 0.183. The third-order valence-corrected chi connectivity index (χ3v) is 4.81. The molecule has 2 aromatic carbocycles. The highest BCUT2D eigenvalue weighted by Gasteiger charge is 2.16. The van der Waals surface area contributed by atoms with Crippen molar-refractivity contribution in [3.8, 4) is 11.5 Å². The first kappa shape index (κ1) is 17.5. The van der Waals surface area contributed by atoms with Crippen LogP contribution in [0.1, 0.15) is 12.2 Å². The summed E-state index contributed by atoms with van der Waals surface area (Å²) in [6.45, 7) is 0.977. The number of ether oxygens (including phenoxy) is 2. The van der Waals surface area contributed by atoms with E-state index in [1.165, 1.54) is 0 Å². The van der Waals surface area contributed by atoms with Crippen LogP contribution in [0.25, 0.3) is 10.9 Å². The highest BCUT2D eigenvalue weighted by Crippen LogP contribution is 2.38. The highest BCUT2D eigenvalue weighted by molar-refractivity contribution is 9.10. The van der Waals surface area contributed by atoms with E-state index < -0.39 is 0 Å². The summed E-state index contributed by atoms with van der Waals surface area (Å²) in [7, 11) is 0. The average Bonchev–Trinajstić information content (AvgIpc) is 2.67. The SMILES string of the molecule is O=C(CCc1nc2ccccc2c(=O)[nH]1)Nc1cc2c(cc1Br)OCCO2. The zero-order valence-corrected chi connectivity index (χ0v) is 15.8. The Morgan fingerprint density at radius 1 is 1.19 bits per heavy atom. The fourth-order valence-electron chi connectivity index (χ4n) is 2.86. The Balaban J connectivity index is 1.45. The van der Waals surface area contributed by atoms with Gasteiger partial charge in [-0.25, -0.2) is 4.98 Å². The number of nitrogens with one attached hydrogen (secondary N) is 2. The molecule has 8 heteroatoms. The maximum Gasteiger partial charge on any atom is 0.258 e. The smallest absolute Gasteiger partial charge is 0.258 e. The molecule has 0 atom stereocenters. The zero-order valence-electron chi connectivity index (χ0n) is 14.3. The van der Waals surface area contributed by atoms with Gasteiger partial charge in [-0.3, -0.25) is 9.59 Å². The number of carbonyl (C=O) groups is 1. The monoisotopic (exact) mass is 429 g/mol. The van der Waals surface area contributed by atoms with Gasteiger partial charge in [0.2, 0.25) is 5.91 Å². The minimum Gasteiger partial charge on any atom is -0.486 e. The molecule has 2 N–H and O–H groups in total. The number of amides is 1. The molecular weight excluding hydrogens is 414 g/mol. The van der Waals surface area contributed by atoms with Crippen LogP contribution in [0, 0.1) is 0 Å². The Morgan fingerprint density at radius 3 is 2.74 bits per heavy atom. The molecule has 0 bridgehead atoms. The normalized spacial score (nSPS) is 12.8. The summed E-state index contributed by atoms with van der Waals surface area (Å²) in [4.78, 5) is 31.6. The molecular formula is C19H16BrN3O4. The van der Waals surface area contributed by atoms with Crippen LogP contribution in [-0.4, -0.2) is 29.1 Å². The number of aromatic amines is 1. The summed E-state index contributed by atoms with van der Waals surface area (Å²) >= 11 is 3.43. The molecule has 0 fully saturated rings. The van der Waals surface area contributed by atoms with Crippen molar-refractivity contribution in [1.82, 2.24) is 9.97 Å². The maximum atomic E-state index is 12.3. The van der Waals surface area contributed by atoms with Gasteiger partial charge in [0.25, 0.3) is 5.56 Å². The lowest BCUT2D eigenvalue weighted by atomic mass is 10.2. The van der Waals surface area contributed by atoms with E-state index in [0.717, 1.165) is 0 Å². The van der Waals surface area contributed by atoms with Gasteiger partial charge in [0.1, 0.15) is 19.0 Å². The molecule has 1 amide bonds. The van der Waals surface area contributed by atoms with Crippen molar-refractivity contribution in [2.24, 2.45) is 0 Å². The van der Waals surface area contributed by atoms with Crippen molar-refractivity contribution in [2.75, 3.05) is 18.5 Å². The molecule has 0 saturated carbocycles. The van der Waals surface area contributed by atoms with Gasteiger partial charge < -0.3 is 19.8 Å². The Hall–Kier alpha value is -2.87. The minimum atomic E-state index is -0.203. The third kappa shape index (κ3) is 3.80. The number of aromatic nitrogens is 2. The number of fused-ring (bicyclic) bond motifs is 2. The van der Waals surface area contributed by atoms with Crippen molar-refractivity contribution in [3.63, 3.8) is 0 Å². The Morgan fingerprint density at radius 2 is 1.93 bits per heavy atom. The summed E-state index contributed by atoms with van der Waals surface area (Å²) in [6, 6.07) is 10.6. The first-order valence-electron chi connectivity index (χ1n) is 8.47. The molecule has 7 nitrogen and oxygen atoms in total. The van der Waals surface area contributed by atoms with E-state index in [1.807, 2.05) is 6.07 Å². The van der Waals surface area contributed by atoms with E-state index in [4.69, 9.17) is 9.47 Å². The molecule has 4 rings (SSSR count). The topological polar surface area (TPSA) is 93.3 Å². The number of rotatable bonds is 4. The van der Waals surface area contributed by atoms with Crippen molar-refractivity contribution in [3.05, 3.63) is 57.0 Å². The van der Waals surface area contributed by atoms with E-state index in [9.17, 15) is 9.59 Å². The second-order valence-corrected chi connectivity index (χ2v) is 6.91. The summed E-state index contributed by atoms with van der Waals surface area (Å²) < 4.78 is 11.7. The van der Waals surface area contributed by atoms with E-state index in [2.05, 4.69) is 31.2 Å². The van der Waals surface area contributed by atoms with Gasteiger partial charge in [-0.15, -0.1) is 0 Å². The van der Waals surface area contributed by atoms with Crippen LogP contribution >= 0.6 is 15.9 Å². The van der Waals surface area contributed by atoms with E-state index in [0.29, 0.717) is 58.0 Å². The number of anilines is 1. The molecule has 0 spiro atoms. The summed E-state index contributed by atoms with van der Waals surface area (Å²) in [5, 5.41) is 3.37. The van der Waals surface area contributed by atoms with Gasteiger partial charge >= 0.3 is 0 Å². The summed E-state index contributed by atoms with van der Waals surface area (Å²) in [5.41, 5.74) is 1.01. The number of nitrogens with zero attached hydrogens (tertiary/aromatic N) is 1. The molecule has 3 aromatic rings. The second kappa shape index (κ2) is 7.40.